The van der Waals surface area contributed by atoms with E-state index in [9.17, 15) is 14.4 Å². The van der Waals surface area contributed by atoms with Crippen LogP contribution in [0.3, 0.4) is 0 Å². The zero-order chi connectivity index (χ0) is 24.1. The Kier molecular flexibility index (Phi) is 8.27. The van der Waals surface area contributed by atoms with Crippen molar-refractivity contribution in [3.05, 3.63) is 50.9 Å². The highest BCUT2D eigenvalue weighted by Crippen LogP contribution is 2.38. The molecule has 2 amide bonds. The topological polar surface area (TPSA) is 75.7 Å². The Hall–Kier alpha value is -2.38. The number of nitrogens with one attached hydrogen (secondary N) is 1. The van der Waals surface area contributed by atoms with E-state index >= 15 is 0 Å². The smallest absolute Gasteiger partial charge is 0.341 e. The van der Waals surface area contributed by atoms with E-state index in [1.807, 2.05) is 0 Å². The van der Waals surface area contributed by atoms with Crippen molar-refractivity contribution in [1.29, 1.82) is 0 Å². The van der Waals surface area contributed by atoms with Crippen LogP contribution in [0.4, 0.5) is 5.00 Å². The summed E-state index contributed by atoms with van der Waals surface area (Å²) in [4.78, 5) is 42.2. The lowest BCUT2D eigenvalue weighted by Gasteiger charge is -2.34. The van der Waals surface area contributed by atoms with Gasteiger partial charge in [0.25, 0.3) is 5.91 Å². The van der Waals surface area contributed by atoms with E-state index < -0.39 is 5.97 Å². The Labute approximate surface area is 209 Å². The van der Waals surface area contributed by atoms with Gasteiger partial charge in [0.15, 0.2) is 0 Å². The molecule has 0 unspecified atom stereocenters. The maximum atomic E-state index is 13.4. The molecule has 1 aromatic heterocycles. The van der Waals surface area contributed by atoms with Gasteiger partial charge in [0.05, 0.1) is 12.2 Å². The van der Waals surface area contributed by atoms with Crippen molar-refractivity contribution < 1.29 is 19.1 Å². The molecule has 2 aromatic rings. The number of rotatable bonds is 7. The monoisotopic (exact) mass is 502 g/mol. The van der Waals surface area contributed by atoms with Gasteiger partial charge in [-0.05, 0) is 69.2 Å². The molecule has 6 nitrogen and oxygen atoms in total. The van der Waals surface area contributed by atoms with Crippen molar-refractivity contribution >= 4 is 45.7 Å². The number of anilines is 1. The second-order valence-corrected chi connectivity index (χ2v) is 10.5. The molecule has 1 aromatic carbocycles. The van der Waals surface area contributed by atoms with Crippen molar-refractivity contribution in [1.82, 2.24) is 4.90 Å². The minimum absolute atomic E-state index is 0.00653. The van der Waals surface area contributed by atoms with Gasteiger partial charge in [-0.3, -0.25) is 9.59 Å². The van der Waals surface area contributed by atoms with Crippen molar-refractivity contribution in [3.8, 4) is 0 Å². The van der Waals surface area contributed by atoms with Crippen LogP contribution in [0.25, 0.3) is 0 Å². The van der Waals surface area contributed by atoms with Gasteiger partial charge < -0.3 is 15.0 Å². The summed E-state index contributed by atoms with van der Waals surface area (Å²) in [6, 6.07) is 6.85. The molecule has 0 atom stereocenters. The Morgan fingerprint density at radius 3 is 2.62 bits per heavy atom. The summed E-state index contributed by atoms with van der Waals surface area (Å²) in [5.41, 5.74) is 1.97. The summed E-state index contributed by atoms with van der Waals surface area (Å²) in [6.45, 7) is 1.99. The summed E-state index contributed by atoms with van der Waals surface area (Å²) in [6.07, 6.45) is 8.79. The van der Waals surface area contributed by atoms with Gasteiger partial charge in [-0.15, -0.1) is 11.3 Å². The lowest BCUT2D eigenvalue weighted by atomic mass is 9.93. The standard InChI is InChI=1S/C26H31ClN2O4S/c1-2-33-26(32)23-20-13-6-7-14-21(20)34-24(23)28-22(30)16-29(19-11-4-3-5-12-19)25(31)17-9-8-10-18(27)15-17/h8-10,15,19H,2-7,11-14,16H2,1H3,(H,28,30). The number of ether oxygens (including phenoxy) is 1. The average Bonchev–Trinajstić information content (AvgIpc) is 3.20. The van der Waals surface area contributed by atoms with Gasteiger partial charge in [0, 0.05) is 21.5 Å². The molecule has 0 saturated heterocycles. The number of amides is 2. The van der Waals surface area contributed by atoms with Gasteiger partial charge in [-0.1, -0.05) is 36.9 Å². The zero-order valence-corrected chi connectivity index (χ0v) is 21.1. The zero-order valence-electron chi connectivity index (χ0n) is 19.5. The number of hydrogen-bond donors (Lipinski definition) is 1. The van der Waals surface area contributed by atoms with Gasteiger partial charge in [-0.25, -0.2) is 4.79 Å². The Morgan fingerprint density at radius 1 is 1.12 bits per heavy atom. The second-order valence-electron chi connectivity index (χ2n) is 8.92. The van der Waals surface area contributed by atoms with Crippen LogP contribution in [0.2, 0.25) is 5.02 Å². The highest BCUT2D eigenvalue weighted by atomic mass is 35.5. The van der Waals surface area contributed by atoms with E-state index in [1.54, 1.807) is 36.1 Å². The molecule has 2 aliphatic carbocycles. The van der Waals surface area contributed by atoms with E-state index in [0.29, 0.717) is 21.2 Å². The summed E-state index contributed by atoms with van der Waals surface area (Å²) >= 11 is 7.58. The van der Waals surface area contributed by atoms with Crippen molar-refractivity contribution in [2.75, 3.05) is 18.5 Å². The van der Waals surface area contributed by atoms with Crippen LogP contribution in [0.1, 0.15) is 83.0 Å². The third-order valence-corrected chi connectivity index (χ3v) is 8.01. The first-order chi connectivity index (χ1) is 16.5. The second kappa shape index (κ2) is 11.4. The first-order valence-electron chi connectivity index (χ1n) is 12.2. The molecule has 1 heterocycles. The number of carbonyl (C=O) groups is 3. The molecule has 182 valence electrons. The molecule has 0 radical (unpaired) electrons. The molecule has 1 fully saturated rings. The fourth-order valence-corrected chi connectivity index (χ4v) is 6.42. The van der Waals surface area contributed by atoms with Gasteiger partial charge in [0.1, 0.15) is 11.5 Å². The molecule has 1 saturated carbocycles. The van der Waals surface area contributed by atoms with Gasteiger partial charge in [-0.2, -0.15) is 0 Å². The minimum Gasteiger partial charge on any atom is -0.462 e. The average molecular weight is 503 g/mol. The van der Waals surface area contributed by atoms with Crippen molar-refractivity contribution in [2.24, 2.45) is 0 Å². The van der Waals surface area contributed by atoms with Crippen LogP contribution in [0, 0.1) is 0 Å². The first kappa shape index (κ1) is 24.7. The highest BCUT2D eigenvalue weighted by Gasteiger charge is 2.31. The largest absolute Gasteiger partial charge is 0.462 e. The molecular weight excluding hydrogens is 472 g/mol. The predicted octanol–water partition coefficient (Wildman–Crippen LogP) is 5.87. The lowest BCUT2D eigenvalue weighted by molar-refractivity contribution is -0.117. The summed E-state index contributed by atoms with van der Waals surface area (Å²) in [5.74, 6) is -0.887. The predicted molar refractivity (Wildman–Crippen MR) is 135 cm³/mol. The first-order valence-corrected chi connectivity index (χ1v) is 13.4. The summed E-state index contributed by atoms with van der Waals surface area (Å²) in [5, 5.41) is 3.98. The number of carbonyl (C=O) groups excluding carboxylic acids is 3. The van der Waals surface area contributed by atoms with E-state index in [2.05, 4.69) is 5.32 Å². The van der Waals surface area contributed by atoms with Crippen LogP contribution in [0.15, 0.2) is 24.3 Å². The van der Waals surface area contributed by atoms with Gasteiger partial charge in [0.2, 0.25) is 5.91 Å². The molecule has 34 heavy (non-hydrogen) atoms. The number of hydrogen-bond acceptors (Lipinski definition) is 5. The number of aryl methyl sites for hydroxylation is 1. The fraction of sp³-hybridized carbons (Fsp3) is 0.500. The lowest BCUT2D eigenvalue weighted by Crippen LogP contribution is -2.45. The van der Waals surface area contributed by atoms with Crippen LogP contribution in [-0.2, 0) is 22.4 Å². The van der Waals surface area contributed by atoms with E-state index in [-0.39, 0.29) is 31.0 Å². The maximum Gasteiger partial charge on any atom is 0.341 e. The molecule has 0 bridgehead atoms. The summed E-state index contributed by atoms with van der Waals surface area (Å²) < 4.78 is 5.30. The minimum atomic E-state index is -0.392. The molecule has 0 aliphatic heterocycles. The molecule has 4 rings (SSSR count). The SMILES string of the molecule is CCOC(=O)c1c(NC(=O)CN(C(=O)c2cccc(Cl)c2)C2CCCCC2)sc2c1CCCC2. The van der Waals surface area contributed by atoms with Crippen molar-refractivity contribution in [2.45, 2.75) is 70.8 Å². The maximum absolute atomic E-state index is 13.4. The molecule has 2 aliphatic rings. The highest BCUT2D eigenvalue weighted by molar-refractivity contribution is 7.17. The van der Waals surface area contributed by atoms with Crippen LogP contribution >= 0.6 is 22.9 Å². The van der Waals surface area contributed by atoms with Crippen LogP contribution < -0.4 is 5.32 Å². The number of esters is 1. The van der Waals surface area contributed by atoms with Crippen LogP contribution in [0.5, 0.6) is 0 Å². The number of thiophene rings is 1. The van der Waals surface area contributed by atoms with Crippen molar-refractivity contribution in [3.63, 3.8) is 0 Å². The van der Waals surface area contributed by atoms with Gasteiger partial charge >= 0.3 is 5.97 Å². The third-order valence-electron chi connectivity index (χ3n) is 6.57. The Balaban J connectivity index is 1.57. The number of nitrogens with zero attached hydrogens (tertiary/aromatic N) is 1. The molecule has 8 heteroatoms. The fourth-order valence-electron chi connectivity index (χ4n) is 4.94. The van der Waals surface area contributed by atoms with E-state index in [4.69, 9.17) is 16.3 Å². The Bertz CT molecular complexity index is 1060. The molecule has 0 spiro atoms. The quantitative estimate of drug-likeness (QED) is 0.480. The molecular formula is C26H31ClN2O4S. The number of fused-ring (bicyclic) bond motifs is 1. The van der Waals surface area contributed by atoms with Crippen LogP contribution in [-0.4, -0.2) is 41.9 Å². The van der Waals surface area contributed by atoms with E-state index in [1.165, 1.54) is 11.3 Å². The van der Waals surface area contributed by atoms with E-state index in [0.717, 1.165) is 68.2 Å². The number of halogens is 1. The normalized spacial score (nSPS) is 15.9. The third kappa shape index (κ3) is 5.63. The molecule has 1 N–H and O–H groups in total. The number of benzene rings is 1. The Morgan fingerprint density at radius 2 is 1.88 bits per heavy atom. The summed E-state index contributed by atoms with van der Waals surface area (Å²) in [7, 11) is 0.